The fourth-order valence-electron chi connectivity index (χ4n) is 3.19. The molecule has 4 heteroatoms. The Morgan fingerprint density at radius 2 is 2.35 bits per heavy atom. The number of nitrogens with two attached hydrogens (primary N) is 1. The molecule has 0 saturated carbocycles. The van der Waals surface area contributed by atoms with Gasteiger partial charge in [0.15, 0.2) is 0 Å². The van der Waals surface area contributed by atoms with Gasteiger partial charge in [-0.05, 0) is 36.9 Å². The van der Waals surface area contributed by atoms with Gasteiger partial charge in [0.25, 0.3) is 0 Å². The first-order chi connectivity index (χ1) is 8.02. The third-order valence-electron chi connectivity index (χ3n) is 4.59. The molecule has 17 heavy (non-hydrogen) atoms. The standard InChI is InChI=1S/C13H25NO2S/c1-10(2)13(15,8-14)11-3-5-16-12(7-11)4-6-17-9-12/h10-11,15H,3-9,14H2,1-2H3. The maximum atomic E-state index is 10.8. The van der Waals surface area contributed by atoms with Crippen molar-refractivity contribution in [3.63, 3.8) is 0 Å². The van der Waals surface area contributed by atoms with Crippen LogP contribution in [0.25, 0.3) is 0 Å². The van der Waals surface area contributed by atoms with Gasteiger partial charge in [0.1, 0.15) is 0 Å². The van der Waals surface area contributed by atoms with Crippen molar-refractivity contribution < 1.29 is 9.84 Å². The predicted molar refractivity (Wildman–Crippen MR) is 72.2 cm³/mol. The van der Waals surface area contributed by atoms with Gasteiger partial charge in [-0.1, -0.05) is 13.8 Å². The first-order valence-electron chi connectivity index (χ1n) is 6.66. The number of thioether (sulfide) groups is 1. The molecule has 1 spiro atoms. The number of aliphatic hydroxyl groups is 1. The Hall–Kier alpha value is 0.230. The Labute approximate surface area is 108 Å². The maximum Gasteiger partial charge on any atom is 0.0821 e. The SMILES string of the molecule is CC(C)C(O)(CN)C1CCOC2(CCSC2)C1. The van der Waals surface area contributed by atoms with Crippen molar-refractivity contribution in [2.45, 2.75) is 44.3 Å². The van der Waals surface area contributed by atoms with Crippen LogP contribution in [-0.2, 0) is 4.74 Å². The molecule has 3 atom stereocenters. The highest BCUT2D eigenvalue weighted by Crippen LogP contribution is 2.44. The van der Waals surface area contributed by atoms with Crippen molar-refractivity contribution in [2.75, 3.05) is 24.7 Å². The Morgan fingerprint density at radius 1 is 1.59 bits per heavy atom. The second kappa shape index (κ2) is 5.08. The average molecular weight is 259 g/mol. The molecule has 2 heterocycles. The van der Waals surface area contributed by atoms with Crippen LogP contribution in [0.2, 0.25) is 0 Å². The van der Waals surface area contributed by atoms with E-state index in [1.807, 2.05) is 11.8 Å². The molecular weight excluding hydrogens is 234 g/mol. The maximum absolute atomic E-state index is 10.8. The lowest BCUT2D eigenvalue weighted by Gasteiger charge is -2.46. The molecule has 2 saturated heterocycles. The first kappa shape index (κ1) is 13.7. The average Bonchev–Trinajstić information content (AvgIpc) is 2.76. The second-order valence-corrected chi connectivity index (χ2v) is 6.98. The summed E-state index contributed by atoms with van der Waals surface area (Å²) < 4.78 is 6.00. The smallest absolute Gasteiger partial charge is 0.0821 e. The Kier molecular flexibility index (Phi) is 4.08. The lowest BCUT2D eigenvalue weighted by molar-refractivity contribution is -0.142. The Bertz CT molecular complexity index is 266. The molecule has 2 fully saturated rings. The van der Waals surface area contributed by atoms with Gasteiger partial charge in [0, 0.05) is 18.9 Å². The number of rotatable bonds is 3. The number of hydrogen-bond donors (Lipinski definition) is 2. The van der Waals surface area contributed by atoms with Crippen molar-refractivity contribution in [1.82, 2.24) is 0 Å². The first-order valence-corrected chi connectivity index (χ1v) is 7.82. The van der Waals surface area contributed by atoms with E-state index < -0.39 is 5.60 Å². The summed E-state index contributed by atoms with van der Waals surface area (Å²) >= 11 is 1.97. The van der Waals surface area contributed by atoms with E-state index >= 15 is 0 Å². The number of hydrogen-bond acceptors (Lipinski definition) is 4. The quantitative estimate of drug-likeness (QED) is 0.809. The molecule has 100 valence electrons. The van der Waals surface area contributed by atoms with Crippen LogP contribution in [-0.4, -0.2) is 41.0 Å². The highest BCUT2D eigenvalue weighted by Gasteiger charge is 2.47. The van der Waals surface area contributed by atoms with Crippen LogP contribution in [0, 0.1) is 11.8 Å². The minimum absolute atomic E-state index is 0.0334. The summed E-state index contributed by atoms with van der Waals surface area (Å²) in [6, 6.07) is 0. The van der Waals surface area contributed by atoms with Gasteiger partial charge in [-0.25, -0.2) is 0 Å². The van der Waals surface area contributed by atoms with Crippen LogP contribution in [0.4, 0.5) is 0 Å². The largest absolute Gasteiger partial charge is 0.388 e. The normalized spacial score (nSPS) is 37.6. The zero-order chi connectivity index (χ0) is 12.5. The van der Waals surface area contributed by atoms with Gasteiger partial charge in [-0.2, -0.15) is 11.8 Å². The molecule has 2 rings (SSSR count). The van der Waals surface area contributed by atoms with Crippen LogP contribution in [0.3, 0.4) is 0 Å². The summed E-state index contributed by atoms with van der Waals surface area (Å²) in [5.41, 5.74) is 5.15. The Balaban J connectivity index is 2.10. The molecule has 0 bridgehead atoms. The van der Waals surface area contributed by atoms with Crippen molar-refractivity contribution in [1.29, 1.82) is 0 Å². The summed E-state index contributed by atoms with van der Waals surface area (Å²) in [6.45, 7) is 5.27. The Morgan fingerprint density at radius 3 is 2.88 bits per heavy atom. The topological polar surface area (TPSA) is 55.5 Å². The molecule has 0 aromatic rings. The van der Waals surface area contributed by atoms with Gasteiger partial charge < -0.3 is 15.6 Å². The van der Waals surface area contributed by atoms with Crippen LogP contribution in [0.15, 0.2) is 0 Å². The van der Waals surface area contributed by atoms with E-state index in [2.05, 4.69) is 13.8 Å². The van der Waals surface area contributed by atoms with Gasteiger partial charge in [-0.15, -0.1) is 0 Å². The van der Waals surface area contributed by atoms with E-state index in [9.17, 15) is 5.11 Å². The minimum atomic E-state index is -0.718. The van der Waals surface area contributed by atoms with Gasteiger partial charge in [0.05, 0.1) is 11.2 Å². The van der Waals surface area contributed by atoms with E-state index in [1.165, 1.54) is 5.75 Å². The lowest BCUT2D eigenvalue weighted by Crippen LogP contribution is -2.55. The zero-order valence-electron chi connectivity index (χ0n) is 10.9. The zero-order valence-corrected chi connectivity index (χ0v) is 11.8. The van der Waals surface area contributed by atoms with Crippen molar-refractivity contribution >= 4 is 11.8 Å². The predicted octanol–water partition coefficient (Wildman–Crippen LogP) is 1.63. The highest BCUT2D eigenvalue weighted by atomic mass is 32.2. The van der Waals surface area contributed by atoms with Gasteiger partial charge >= 0.3 is 0 Å². The molecule has 0 amide bonds. The van der Waals surface area contributed by atoms with E-state index in [-0.39, 0.29) is 11.5 Å². The molecule has 0 aromatic heterocycles. The number of ether oxygens (including phenoxy) is 1. The molecule has 3 N–H and O–H groups in total. The van der Waals surface area contributed by atoms with E-state index in [0.717, 1.165) is 31.6 Å². The highest BCUT2D eigenvalue weighted by molar-refractivity contribution is 7.99. The van der Waals surface area contributed by atoms with Crippen LogP contribution in [0.1, 0.15) is 33.1 Å². The molecular formula is C13H25NO2S. The van der Waals surface area contributed by atoms with E-state index in [4.69, 9.17) is 10.5 Å². The summed E-state index contributed by atoms with van der Waals surface area (Å²) in [6.07, 6.45) is 3.05. The lowest BCUT2D eigenvalue weighted by atomic mass is 9.70. The van der Waals surface area contributed by atoms with Gasteiger partial charge in [-0.3, -0.25) is 0 Å². The van der Waals surface area contributed by atoms with E-state index in [0.29, 0.717) is 12.5 Å². The van der Waals surface area contributed by atoms with Crippen molar-refractivity contribution in [3.05, 3.63) is 0 Å². The summed E-state index contributed by atoms with van der Waals surface area (Å²) in [7, 11) is 0. The molecule has 3 nitrogen and oxygen atoms in total. The fourth-order valence-corrected chi connectivity index (χ4v) is 4.57. The van der Waals surface area contributed by atoms with E-state index in [1.54, 1.807) is 0 Å². The molecule has 2 aliphatic rings. The minimum Gasteiger partial charge on any atom is -0.388 e. The van der Waals surface area contributed by atoms with Gasteiger partial charge in [0.2, 0.25) is 0 Å². The second-order valence-electron chi connectivity index (χ2n) is 5.87. The molecule has 0 aliphatic carbocycles. The summed E-state index contributed by atoms with van der Waals surface area (Å²) in [5.74, 6) is 2.78. The third-order valence-corrected chi connectivity index (χ3v) is 5.82. The molecule has 0 radical (unpaired) electrons. The third kappa shape index (κ3) is 2.50. The monoisotopic (exact) mass is 259 g/mol. The molecule has 3 unspecified atom stereocenters. The molecule has 0 aromatic carbocycles. The van der Waals surface area contributed by atoms with Crippen LogP contribution < -0.4 is 5.73 Å². The van der Waals surface area contributed by atoms with Crippen LogP contribution in [0.5, 0.6) is 0 Å². The van der Waals surface area contributed by atoms with Crippen LogP contribution >= 0.6 is 11.8 Å². The van der Waals surface area contributed by atoms with Crippen molar-refractivity contribution in [3.8, 4) is 0 Å². The fraction of sp³-hybridized carbons (Fsp3) is 1.00. The van der Waals surface area contributed by atoms with Crippen molar-refractivity contribution in [2.24, 2.45) is 17.6 Å². The summed E-state index contributed by atoms with van der Waals surface area (Å²) in [5, 5.41) is 10.8. The summed E-state index contributed by atoms with van der Waals surface area (Å²) in [4.78, 5) is 0. The molecule has 2 aliphatic heterocycles.